The summed E-state index contributed by atoms with van der Waals surface area (Å²) < 4.78 is 5.28. The van der Waals surface area contributed by atoms with Crippen molar-refractivity contribution in [1.82, 2.24) is 9.97 Å². The molecule has 0 aliphatic rings. The molecule has 0 saturated carbocycles. The quantitative estimate of drug-likeness (QED) is 0.732. The van der Waals surface area contributed by atoms with Crippen molar-refractivity contribution in [3.05, 3.63) is 12.3 Å². The average Bonchev–Trinajstić information content (AvgIpc) is 2.28. The van der Waals surface area contributed by atoms with Gasteiger partial charge in [0.25, 0.3) is 0 Å². The van der Waals surface area contributed by atoms with Gasteiger partial charge in [0.1, 0.15) is 0 Å². The Morgan fingerprint density at radius 1 is 1.50 bits per heavy atom. The third kappa shape index (κ3) is 4.44. The second kappa shape index (κ2) is 7.00. The Morgan fingerprint density at radius 2 is 2.31 bits per heavy atom. The highest BCUT2D eigenvalue weighted by Crippen LogP contribution is 2.08. The first kappa shape index (κ1) is 12.7. The number of aromatic nitrogens is 2. The molecule has 0 aromatic carbocycles. The molecule has 0 aliphatic heterocycles. The van der Waals surface area contributed by atoms with E-state index in [9.17, 15) is 0 Å². The van der Waals surface area contributed by atoms with Gasteiger partial charge in [0.2, 0.25) is 11.8 Å². The molecule has 0 fully saturated rings. The molecular formula is C11H20N4O. The Kier molecular flexibility index (Phi) is 5.56. The lowest BCUT2D eigenvalue weighted by Gasteiger charge is -2.11. The summed E-state index contributed by atoms with van der Waals surface area (Å²) >= 11 is 0. The highest BCUT2D eigenvalue weighted by atomic mass is 16.5. The number of hydrogen-bond donors (Lipinski definition) is 2. The van der Waals surface area contributed by atoms with Crippen LogP contribution in [0.1, 0.15) is 26.7 Å². The molecule has 0 bridgehead atoms. The Balaban J connectivity index is 2.44. The predicted molar refractivity (Wildman–Crippen MR) is 64.6 cm³/mol. The summed E-state index contributed by atoms with van der Waals surface area (Å²) in [5, 5.41) is 3.10. The number of rotatable bonds is 7. The van der Waals surface area contributed by atoms with Crippen molar-refractivity contribution in [3.8, 4) is 5.88 Å². The van der Waals surface area contributed by atoms with Crippen molar-refractivity contribution in [1.29, 1.82) is 0 Å². The van der Waals surface area contributed by atoms with Crippen molar-refractivity contribution in [2.24, 2.45) is 5.73 Å². The van der Waals surface area contributed by atoms with Crippen LogP contribution in [0.25, 0.3) is 0 Å². The Labute approximate surface area is 96.4 Å². The number of nitrogens with zero attached hydrogens (tertiary/aromatic N) is 2. The second-order valence-electron chi connectivity index (χ2n) is 3.58. The molecule has 3 N–H and O–H groups in total. The number of hydrogen-bond acceptors (Lipinski definition) is 5. The minimum absolute atomic E-state index is 0.143. The first-order chi connectivity index (χ1) is 7.76. The van der Waals surface area contributed by atoms with Gasteiger partial charge in [0.05, 0.1) is 6.61 Å². The fraction of sp³-hybridized carbons (Fsp3) is 0.636. The lowest BCUT2D eigenvalue weighted by Crippen LogP contribution is -2.29. The summed E-state index contributed by atoms with van der Waals surface area (Å²) in [6.07, 6.45) is 3.76. The van der Waals surface area contributed by atoms with Crippen molar-refractivity contribution < 1.29 is 4.74 Å². The standard InChI is InChI=1S/C11H20N4O/c1-3-5-9(12)8-14-11-13-7-6-10(15-11)16-4-2/h6-7,9H,3-5,8,12H2,1-2H3,(H,13,14,15). The summed E-state index contributed by atoms with van der Waals surface area (Å²) in [4.78, 5) is 8.29. The molecule has 5 nitrogen and oxygen atoms in total. The number of nitrogens with one attached hydrogen (secondary N) is 1. The van der Waals surface area contributed by atoms with E-state index < -0.39 is 0 Å². The minimum atomic E-state index is 0.143. The highest BCUT2D eigenvalue weighted by molar-refractivity contribution is 5.27. The molecule has 1 unspecified atom stereocenters. The van der Waals surface area contributed by atoms with Crippen molar-refractivity contribution >= 4 is 5.95 Å². The van der Waals surface area contributed by atoms with Crippen LogP contribution in [0.5, 0.6) is 5.88 Å². The number of nitrogens with two attached hydrogens (primary N) is 1. The van der Waals surface area contributed by atoms with Crippen LogP contribution in [0, 0.1) is 0 Å². The molecule has 5 heteroatoms. The van der Waals surface area contributed by atoms with Gasteiger partial charge in [0.15, 0.2) is 0 Å². The summed E-state index contributed by atoms with van der Waals surface area (Å²) in [6, 6.07) is 1.88. The van der Waals surface area contributed by atoms with Gasteiger partial charge >= 0.3 is 0 Å². The molecule has 0 radical (unpaired) electrons. The number of ether oxygens (including phenoxy) is 1. The molecule has 0 spiro atoms. The molecule has 0 aliphatic carbocycles. The smallest absolute Gasteiger partial charge is 0.225 e. The average molecular weight is 224 g/mol. The van der Waals surface area contributed by atoms with Crippen LogP contribution in [-0.2, 0) is 0 Å². The summed E-state index contributed by atoms with van der Waals surface area (Å²) in [7, 11) is 0. The predicted octanol–water partition coefficient (Wildman–Crippen LogP) is 1.41. The molecule has 1 aromatic heterocycles. The molecular weight excluding hydrogens is 204 g/mol. The lowest BCUT2D eigenvalue weighted by molar-refractivity contribution is 0.326. The van der Waals surface area contributed by atoms with Crippen LogP contribution in [0.2, 0.25) is 0 Å². The minimum Gasteiger partial charge on any atom is -0.478 e. The van der Waals surface area contributed by atoms with Gasteiger partial charge in [-0.1, -0.05) is 13.3 Å². The van der Waals surface area contributed by atoms with Gasteiger partial charge in [-0.25, -0.2) is 4.98 Å². The summed E-state index contributed by atoms with van der Waals surface area (Å²) in [5.74, 6) is 1.15. The van der Waals surface area contributed by atoms with E-state index in [0.29, 0.717) is 25.0 Å². The fourth-order valence-corrected chi connectivity index (χ4v) is 1.35. The van der Waals surface area contributed by atoms with Gasteiger partial charge in [-0.05, 0) is 13.3 Å². The maximum Gasteiger partial charge on any atom is 0.225 e. The van der Waals surface area contributed by atoms with Crippen LogP contribution in [-0.4, -0.2) is 29.2 Å². The van der Waals surface area contributed by atoms with Gasteiger partial charge in [-0.15, -0.1) is 0 Å². The monoisotopic (exact) mass is 224 g/mol. The lowest BCUT2D eigenvalue weighted by atomic mass is 10.2. The first-order valence-corrected chi connectivity index (χ1v) is 5.71. The van der Waals surface area contributed by atoms with E-state index in [1.54, 1.807) is 12.3 Å². The summed E-state index contributed by atoms with van der Waals surface area (Å²) in [6.45, 7) is 5.33. The fourth-order valence-electron chi connectivity index (χ4n) is 1.35. The van der Waals surface area contributed by atoms with E-state index in [0.717, 1.165) is 12.8 Å². The Hall–Kier alpha value is -1.36. The van der Waals surface area contributed by atoms with Crippen LogP contribution >= 0.6 is 0 Å². The van der Waals surface area contributed by atoms with Crippen molar-refractivity contribution in [3.63, 3.8) is 0 Å². The molecule has 0 amide bonds. The topological polar surface area (TPSA) is 73.1 Å². The van der Waals surface area contributed by atoms with Crippen LogP contribution < -0.4 is 15.8 Å². The summed E-state index contributed by atoms with van der Waals surface area (Å²) in [5.41, 5.74) is 5.88. The van der Waals surface area contributed by atoms with E-state index in [1.807, 2.05) is 6.92 Å². The molecule has 1 heterocycles. The SMILES string of the molecule is CCCC(N)CNc1nccc(OCC)n1. The van der Waals surface area contributed by atoms with Gasteiger partial charge in [-0.3, -0.25) is 0 Å². The van der Waals surface area contributed by atoms with E-state index in [4.69, 9.17) is 10.5 Å². The van der Waals surface area contributed by atoms with Gasteiger partial charge in [-0.2, -0.15) is 4.98 Å². The van der Waals surface area contributed by atoms with Gasteiger partial charge in [0, 0.05) is 24.8 Å². The zero-order valence-corrected chi connectivity index (χ0v) is 9.94. The highest BCUT2D eigenvalue weighted by Gasteiger charge is 2.03. The maximum absolute atomic E-state index is 5.88. The van der Waals surface area contributed by atoms with E-state index >= 15 is 0 Å². The third-order valence-electron chi connectivity index (χ3n) is 2.10. The largest absolute Gasteiger partial charge is 0.478 e. The molecule has 1 rings (SSSR count). The molecule has 16 heavy (non-hydrogen) atoms. The molecule has 0 saturated heterocycles. The zero-order valence-electron chi connectivity index (χ0n) is 9.94. The normalized spacial score (nSPS) is 12.2. The maximum atomic E-state index is 5.88. The third-order valence-corrected chi connectivity index (χ3v) is 2.10. The Morgan fingerprint density at radius 3 is 3.00 bits per heavy atom. The van der Waals surface area contributed by atoms with Crippen molar-refractivity contribution in [2.45, 2.75) is 32.7 Å². The van der Waals surface area contributed by atoms with Crippen LogP contribution in [0.15, 0.2) is 12.3 Å². The molecule has 90 valence electrons. The second-order valence-corrected chi connectivity index (χ2v) is 3.58. The van der Waals surface area contributed by atoms with E-state index in [2.05, 4.69) is 22.2 Å². The van der Waals surface area contributed by atoms with Crippen molar-refractivity contribution in [2.75, 3.05) is 18.5 Å². The zero-order chi connectivity index (χ0) is 11.8. The number of anilines is 1. The Bertz CT molecular complexity index is 306. The van der Waals surface area contributed by atoms with Crippen LogP contribution in [0.3, 0.4) is 0 Å². The molecule has 1 atom stereocenters. The van der Waals surface area contributed by atoms with E-state index in [-0.39, 0.29) is 6.04 Å². The first-order valence-electron chi connectivity index (χ1n) is 5.71. The van der Waals surface area contributed by atoms with Crippen LogP contribution in [0.4, 0.5) is 5.95 Å². The molecule has 1 aromatic rings. The van der Waals surface area contributed by atoms with Gasteiger partial charge < -0.3 is 15.8 Å². The van der Waals surface area contributed by atoms with E-state index in [1.165, 1.54) is 0 Å².